The topological polar surface area (TPSA) is 114 Å². The van der Waals surface area contributed by atoms with Crippen molar-refractivity contribution in [2.24, 2.45) is 0 Å². The molecule has 25 heavy (non-hydrogen) atoms. The van der Waals surface area contributed by atoms with Gasteiger partial charge >= 0.3 is 12.0 Å². The fourth-order valence-corrected chi connectivity index (χ4v) is 1.95. The van der Waals surface area contributed by atoms with E-state index in [4.69, 9.17) is 16.3 Å². The third-order valence-corrected chi connectivity index (χ3v) is 3.39. The number of nitrogens with one attached hydrogen (secondary N) is 3. The van der Waals surface area contributed by atoms with Crippen LogP contribution in [0.3, 0.4) is 0 Å². The van der Waals surface area contributed by atoms with Crippen molar-refractivity contribution >= 4 is 35.4 Å². The number of ether oxygens (including phenoxy) is 1. The van der Waals surface area contributed by atoms with Gasteiger partial charge in [-0.15, -0.1) is 0 Å². The van der Waals surface area contributed by atoms with Gasteiger partial charge in [-0.1, -0.05) is 23.7 Å². The number of hydrogen-bond acceptors (Lipinski definition) is 5. The minimum atomic E-state index is -1.20. The van der Waals surface area contributed by atoms with E-state index in [-0.39, 0.29) is 10.6 Å². The Kier molecular flexibility index (Phi) is 7.87. The molecular weight excluding hydrogens is 350 g/mol. The predicted octanol–water partition coefficient (Wildman–Crippen LogP) is 1.24. The Morgan fingerprint density at radius 1 is 1.16 bits per heavy atom. The van der Waals surface area contributed by atoms with Crippen molar-refractivity contribution in [3.8, 4) is 0 Å². The Bertz CT molecular complexity index is 665. The van der Waals surface area contributed by atoms with Gasteiger partial charge in [0, 0.05) is 6.54 Å². The van der Waals surface area contributed by atoms with Gasteiger partial charge in [0.05, 0.1) is 10.6 Å². The maximum absolute atomic E-state index is 12.1. The van der Waals surface area contributed by atoms with Gasteiger partial charge in [-0.3, -0.25) is 14.9 Å². The zero-order valence-corrected chi connectivity index (χ0v) is 14.8. The van der Waals surface area contributed by atoms with Gasteiger partial charge in [-0.05, 0) is 32.9 Å². The van der Waals surface area contributed by atoms with E-state index in [1.54, 1.807) is 25.1 Å². The molecule has 0 aliphatic rings. The molecule has 0 saturated heterocycles. The first-order valence-corrected chi connectivity index (χ1v) is 7.98. The lowest BCUT2D eigenvalue weighted by Crippen LogP contribution is -2.47. The SMILES string of the molecule is CCNC(=O)NC(=O)C(C)OC(=O)[C@H](C)NC(=O)c1ccccc1Cl. The second-order valence-electron chi connectivity index (χ2n) is 5.10. The first kappa shape index (κ1) is 20.4. The summed E-state index contributed by atoms with van der Waals surface area (Å²) in [5.74, 6) is -2.14. The number of carbonyl (C=O) groups excluding carboxylic acids is 4. The minimum absolute atomic E-state index is 0.214. The lowest BCUT2D eigenvalue weighted by Gasteiger charge is -2.17. The van der Waals surface area contributed by atoms with Gasteiger partial charge < -0.3 is 15.4 Å². The molecule has 0 radical (unpaired) electrons. The fraction of sp³-hybridized carbons (Fsp3) is 0.375. The van der Waals surface area contributed by atoms with Crippen molar-refractivity contribution < 1.29 is 23.9 Å². The fourth-order valence-electron chi connectivity index (χ4n) is 1.73. The average Bonchev–Trinajstić information content (AvgIpc) is 2.54. The molecule has 3 N–H and O–H groups in total. The van der Waals surface area contributed by atoms with Crippen LogP contribution in [0.1, 0.15) is 31.1 Å². The highest BCUT2D eigenvalue weighted by atomic mass is 35.5. The molecule has 0 fully saturated rings. The smallest absolute Gasteiger partial charge is 0.329 e. The Balaban J connectivity index is 2.56. The molecule has 1 aromatic carbocycles. The summed E-state index contributed by atoms with van der Waals surface area (Å²) < 4.78 is 4.94. The summed E-state index contributed by atoms with van der Waals surface area (Å²) in [4.78, 5) is 47.0. The molecule has 0 aliphatic carbocycles. The predicted molar refractivity (Wildman–Crippen MR) is 91.1 cm³/mol. The monoisotopic (exact) mass is 369 g/mol. The van der Waals surface area contributed by atoms with Crippen LogP contribution >= 0.6 is 11.6 Å². The second-order valence-corrected chi connectivity index (χ2v) is 5.51. The van der Waals surface area contributed by atoms with E-state index in [1.165, 1.54) is 19.9 Å². The Morgan fingerprint density at radius 3 is 2.40 bits per heavy atom. The van der Waals surface area contributed by atoms with E-state index < -0.39 is 36.0 Å². The molecule has 0 aromatic heterocycles. The number of carbonyl (C=O) groups is 4. The summed E-state index contributed by atoms with van der Waals surface area (Å²) in [5.41, 5.74) is 0.214. The van der Waals surface area contributed by atoms with Gasteiger partial charge in [0.15, 0.2) is 6.10 Å². The van der Waals surface area contributed by atoms with Crippen LogP contribution in [0.15, 0.2) is 24.3 Å². The molecule has 9 heteroatoms. The maximum atomic E-state index is 12.1. The van der Waals surface area contributed by atoms with E-state index in [0.29, 0.717) is 6.54 Å². The van der Waals surface area contributed by atoms with Crippen molar-refractivity contribution in [2.75, 3.05) is 6.54 Å². The van der Waals surface area contributed by atoms with Crippen molar-refractivity contribution in [3.63, 3.8) is 0 Å². The highest BCUT2D eigenvalue weighted by molar-refractivity contribution is 6.33. The van der Waals surface area contributed by atoms with Crippen LogP contribution in [0, 0.1) is 0 Å². The lowest BCUT2D eigenvalue weighted by molar-refractivity contribution is -0.155. The van der Waals surface area contributed by atoms with Crippen LogP contribution < -0.4 is 16.0 Å². The van der Waals surface area contributed by atoms with Crippen LogP contribution in [0.2, 0.25) is 5.02 Å². The molecule has 0 aliphatic heterocycles. The summed E-state index contributed by atoms with van der Waals surface area (Å²) >= 11 is 5.91. The zero-order valence-electron chi connectivity index (χ0n) is 14.1. The summed E-state index contributed by atoms with van der Waals surface area (Å²) in [6.07, 6.45) is -1.20. The Morgan fingerprint density at radius 2 is 1.80 bits per heavy atom. The summed E-state index contributed by atoms with van der Waals surface area (Å²) in [6.45, 7) is 4.76. The minimum Gasteiger partial charge on any atom is -0.451 e. The number of esters is 1. The molecule has 2 atom stereocenters. The van der Waals surface area contributed by atoms with Gasteiger partial charge in [-0.25, -0.2) is 9.59 Å². The quantitative estimate of drug-likeness (QED) is 0.653. The molecule has 1 unspecified atom stereocenters. The molecule has 0 saturated carbocycles. The summed E-state index contributed by atoms with van der Waals surface area (Å²) in [7, 11) is 0. The first-order chi connectivity index (χ1) is 11.8. The van der Waals surface area contributed by atoms with E-state index in [0.717, 1.165) is 0 Å². The molecule has 136 valence electrons. The Labute approximate surface area is 150 Å². The number of urea groups is 1. The van der Waals surface area contributed by atoms with Crippen molar-refractivity contribution in [2.45, 2.75) is 32.9 Å². The number of benzene rings is 1. The first-order valence-electron chi connectivity index (χ1n) is 7.60. The van der Waals surface area contributed by atoms with Gasteiger partial charge in [0.25, 0.3) is 11.8 Å². The average molecular weight is 370 g/mol. The van der Waals surface area contributed by atoms with E-state index in [1.807, 2.05) is 5.32 Å². The normalized spacial score (nSPS) is 12.5. The molecule has 1 aromatic rings. The summed E-state index contributed by atoms with van der Waals surface area (Å²) in [5, 5.41) is 7.08. The van der Waals surface area contributed by atoms with E-state index in [2.05, 4.69) is 10.6 Å². The molecule has 0 bridgehead atoms. The number of imide groups is 1. The molecule has 1 rings (SSSR count). The van der Waals surface area contributed by atoms with Gasteiger partial charge in [0.1, 0.15) is 6.04 Å². The number of amides is 4. The number of rotatable bonds is 6. The van der Waals surface area contributed by atoms with Crippen molar-refractivity contribution in [1.29, 1.82) is 0 Å². The summed E-state index contributed by atoms with van der Waals surface area (Å²) in [6, 6.07) is 4.67. The van der Waals surface area contributed by atoms with Crippen LogP contribution in [0.5, 0.6) is 0 Å². The van der Waals surface area contributed by atoms with Crippen LogP contribution in [0.25, 0.3) is 0 Å². The largest absolute Gasteiger partial charge is 0.451 e. The van der Waals surface area contributed by atoms with Crippen LogP contribution in [0.4, 0.5) is 4.79 Å². The second kappa shape index (κ2) is 9.63. The number of hydrogen-bond donors (Lipinski definition) is 3. The van der Waals surface area contributed by atoms with Gasteiger partial charge in [0.2, 0.25) is 0 Å². The Hall–Kier alpha value is -2.61. The van der Waals surface area contributed by atoms with Gasteiger partial charge in [-0.2, -0.15) is 0 Å². The molecule has 0 heterocycles. The van der Waals surface area contributed by atoms with E-state index >= 15 is 0 Å². The highest BCUT2D eigenvalue weighted by Crippen LogP contribution is 2.14. The zero-order chi connectivity index (χ0) is 19.0. The van der Waals surface area contributed by atoms with Crippen molar-refractivity contribution in [3.05, 3.63) is 34.9 Å². The van der Waals surface area contributed by atoms with Crippen molar-refractivity contribution in [1.82, 2.24) is 16.0 Å². The molecular formula is C16H20ClN3O5. The molecule has 4 amide bonds. The highest BCUT2D eigenvalue weighted by Gasteiger charge is 2.24. The van der Waals surface area contributed by atoms with Crippen LogP contribution in [-0.4, -0.2) is 42.5 Å². The third-order valence-electron chi connectivity index (χ3n) is 3.06. The maximum Gasteiger partial charge on any atom is 0.329 e. The standard InChI is InChI=1S/C16H20ClN3O5/c1-4-18-16(24)20-13(21)10(3)25-15(23)9(2)19-14(22)11-7-5-6-8-12(11)17/h5-10H,4H2,1-3H3,(H,19,22)(H2,18,20,21,24)/t9-,10?/m0/s1. The number of halogens is 1. The van der Waals surface area contributed by atoms with E-state index in [9.17, 15) is 19.2 Å². The lowest BCUT2D eigenvalue weighted by atomic mass is 10.2. The molecule has 0 spiro atoms. The third kappa shape index (κ3) is 6.42. The van der Waals surface area contributed by atoms with Crippen LogP contribution in [-0.2, 0) is 14.3 Å². The molecule has 8 nitrogen and oxygen atoms in total.